The Labute approximate surface area is 144 Å². The number of hydrogen-bond donors (Lipinski definition) is 0. The molecule has 0 saturated carbocycles. The maximum atomic E-state index is 6.19. The number of aryl methyl sites for hydroxylation is 1. The van der Waals surface area contributed by atoms with Crippen LogP contribution in [0.4, 0.5) is 0 Å². The third-order valence-electron chi connectivity index (χ3n) is 2.54. The highest BCUT2D eigenvalue weighted by Gasteiger charge is 2.13. The average Bonchev–Trinajstić information content (AvgIpc) is 2.38. The highest BCUT2D eigenvalue weighted by molar-refractivity contribution is 14.1. The van der Waals surface area contributed by atoms with Crippen molar-refractivity contribution in [2.45, 2.75) is 19.8 Å². The van der Waals surface area contributed by atoms with Gasteiger partial charge < -0.3 is 0 Å². The Bertz CT molecular complexity index is 620. The van der Waals surface area contributed by atoms with E-state index in [2.05, 4.69) is 55.4 Å². The SMILES string of the molecule is CCCc1nc(-c2cc(Cl)ccc2Br)nc(Cl)c1I. The summed E-state index contributed by atoms with van der Waals surface area (Å²) in [5, 5.41) is 1.13. The molecule has 1 aromatic carbocycles. The summed E-state index contributed by atoms with van der Waals surface area (Å²) < 4.78 is 1.82. The van der Waals surface area contributed by atoms with Gasteiger partial charge in [0.25, 0.3) is 0 Å². The van der Waals surface area contributed by atoms with E-state index in [1.165, 1.54) is 0 Å². The third-order valence-corrected chi connectivity index (χ3v) is 5.19. The summed E-state index contributed by atoms with van der Waals surface area (Å²) in [7, 11) is 0. The van der Waals surface area contributed by atoms with Crippen LogP contribution in [0, 0.1) is 3.57 Å². The Balaban J connectivity index is 2.59. The molecule has 0 aliphatic carbocycles. The minimum atomic E-state index is 0.487. The lowest BCUT2D eigenvalue weighted by Crippen LogP contribution is -2.01. The van der Waals surface area contributed by atoms with Crippen LogP contribution < -0.4 is 0 Å². The molecule has 0 saturated heterocycles. The number of aromatic nitrogens is 2. The first kappa shape index (κ1) is 15.5. The van der Waals surface area contributed by atoms with E-state index in [0.717, 1.165) is 32.1 Å². The largest absolute Gasteiger partial charge is 0.232 e. The quantitative estimate of drug-likeness (QED) is 0.419. The lowest BCUT2D eigenvalue weighted by molar-refractivity contribution is 0.867. The summed E-state index contributed by atoms with van der Waals surface area (Å²) in [5.41, 5.74) is 1.83. The van der Waals surface area contributed by atoms with Crippen molar-refractivity contribution in [2.24, 2.45) is 0 Å². The van der Waals surface area contributed by atoms with Crippen molar-refractivity contribution in [1.82, 2.24) is 9.97 Å². The molecule has 0 bridgehead atoms. The summed E-state index contributed by atoms with van der Waals surface area (Å²) >= 11 is 17.9. The normalized spacial score (nSPS) is 10.8. The Kier molecular flexibility index (Phi) is 5.45. The molecule has 0 aliphatic heterocycles. The Morgan fingerprint density at radius 2 is 2.00 bits per heavy atom. The molecule has 19 heavy (non-hydrogen) atoms. The molecule has 0 unspecified atom stereocenters. The highest BCUT2D eigenvalue weighted by Crippen LogP contribution is 2.31. The van der Waals surface area contributed by atoms with Gasteiger partial charge in [0.15, 0.2) is 5.82 Å². The van der Waals surface area contributed by atoms with Crippen LogP contribution in [0.1, 0.15) is 19.0 Å². The minimum absolute atomic E-state index is 0.487. The van der Waals surface area contributed by atoms with Crippen LogP contribution in [-0.4, -0.2) is 9.97 Å². The van der Waals surface area contributed by atoms with E-state index in [1.807, 2.05) is 18.2 Å². The van der Waals surface area contributed by atoms with Crippen LogP contribution in [0.25, 0.3) is 11.4 Å². The van der Waals surface area contributed by atoms with E-state index in [9.17, 15) is 0 Å². The molecule has 1 aromatic heterocycles. The fourth-order valence-electron chi connectivity index (χ4n) is 1.65. The number of benzene rings is 1. The van der Waals surface area contributed by atoms with Crippen molar-refractivity contribution in [3.63, 3.8) is 0 Å². The molecule has 6 heteroatoms. The number of rotatable bonds is 3. The molecular formula is C13H10BrCl2IN2. The Morgan fingerprint density at radius 3 is 2.68 bits per heavy atom. The van der Waals surface area contributed by atoms with Crippen LogP contribution in [0.2, 0.25) is 10.2 Å². The Morgan fingerprint density at radius 1 is 1.26 bits per heavy atom. The second-order valence-electron chi connectivity index (χ2n) is 3.97. The van der Waals surface area contributed by atoms with Gasteiger partial charge in [-0.05, 0) is 47.2 Å². The van der Waals surface area contributed by atoms with E-state index < -0.39 is 0 Å². The summed E-state index contributed by atoms with van der Waals surface area (Å²) in [5.74, 6) is 0.600. The number of halogens is 4. The highest BCUT2D eigenvalue weighted by atomic mass is 127. The molecule has 0 spiro atoms. The van der Waals surface area contributed by atoms with Gasteiger partial charge in [-0.15, -0.1) is 0 Å². The molecule has 0 fully saturated rings. The average molecular weight is 472 g/mol. The van der Waals surface area contributed by atoms with Crippen molar-refractivity contribution >= 4 is 61.7 Å². The predicted molar refractivity (Wildman–Crippen MR) is 91.9 cm³/mol. The zero-order valence-electron chi connectivity index (χ0n) is 10.1. The van der Waals surface area contributed by atoms with Gasteiger partial charge in [0.05, 0.1) is 9.26 Å². The summed E-state index contributed by atoms with van der Waals surface area (Å²) in [6.45, 7) is 2.11. The van der Waals surface area contributed by atoms with Gasteiger partial charge in [0, 0.05) is 15.1 Å². The fourth-order valence-corrected chi connectivity index (χ4v) is 2.95. The standard InChI is InChI=1S/C13H10BrCl2IN2/c1-2-3-10-11(17)12(16)19-13(18-10)8-6-7(15)4-5-9(8)14/h4-6H,2-3H2,1H3. The third kappa shape index (κ3) is 3.60. The van der Waals surface area contributed by atoms with Crippen molar-refractivity contribution in [3.05, 3.63) is 42.1 Å². The zero-order valence-corrected chi connectivity index (χ0v) is 15.3. The van der Waals surface area contributed by atoms with Crippen molar-refractivity contribution < 1.29 is 0 Å². The van der Waals surface area contributed by atoms with Gasteiger partial charge in [-0.1, -0.05) is 52.5 Å². The van der Waals surface area contributed by atoms with Crippen LogP contribution in [-0.2, 0) is 6.42 Å². The van der Waals surface area contributed by atoms with E-state index in [1.54, 1.807) is 0 Å². The van der Waals surface area contributed by atoms with Gasteiger partial charge >= 0.3 is 0 Å². The van der Waals surface area contributed by atoms with Crippen molar-refractivity contribution in [2.75, 3.05) is 0 Å². The topological polar surface area (TPSA) is 25.8 Å². The molecule has 2 nitrogen and oxygen atoms in total. The van der Waals surface area contributed by atoms with Crippen LogP contribution in [0.3, 0.4) is 0 Å². The first-order valence-electron chi connectivity index (χ1n) is 5.70. The summed E-state index contributed by atoms with van der Waals surface area (Å²) in [6, 6.07) is 5.53. The summed E-state index contributed by atoms with van der Waals surface area (Å²) in [4.78, 5) is 8.95. The Hall–Kier alpha value is 0.0900. The van der Waals surface area contributed by atoms with Crippen LogP contribution >= 0.6 is 61.7 Å². The second-order valence-corrected chi connectivity index (χ2v) is 6.70. The monoisotopic (exact) mass is 470 g/mol. The van der Waals surface area contributed by atoms with Gasteiger partial charge in [0.1, 0.15) is 5.15 Å². The molecule has 2 rings (SSSR count). The fraction of sp³-hybridized carbons (Fsp3) is 0.231. The van der Waals surface area contributed by atoms with Crippen molar-refractivity contribution in [1.29, 1.82) is 0 Å². The molecule has 0 N–H and O–H groups in total. The van der Waals surface area contributed by atoms with Gasteiger partial charge in [-0.2, -0.15) is 0 Å². The minimum Gasteiger partial charge on any atom is -0.232 e. The molecule has 0 amide bonds. The predicted octanol–water partition coefficient (Wildman–Crippen LogP) is 5.77. The maximum absolute atomic E-state index is 6.19. The molecule has 0 atom stereocenters. The molecule has 1 heterocycles. The molecule has 0 aliphatic rings. The van der Waals surface area contributed by atoms with Crippen molar-refractivity contribution in [3.8, 4) is 11.4 Å². The molecule has 0 radical (unpaired) electrons. The van der Waals surface area contributed by atoms with Gasteiger partial charge in [-0.3, -0.25) is 0 Å². The lowest BCUT2D eigenvalue weighted by Gasteiger charge is -2.09. The first-order chi connectivity index (χ1) is 9.02. The van der Waals surface area contributed by atoms with E-state index in [-0.39, 0.29) is 0 Å². The summed E-state index contributed by atoms with van der Waals surface area (Å²) in [6.07, 6.45) is 1.89. The zero-order chi connectivity index (χ0) is 14.0. The second kappa shape index (κ2) is 6.70. The van der Waals surface area contributed by atoms with Crippen LogP contribution in [0.5, 0.6) is 0 Å². The lowest BCUT2D eigenvalue weighted by atomic mass is 10.2. The van der Waals surface area contributed by atoms with Gasteiger partial charge in [-0.25, -0.2) is 9.97 Å². The first-order valence-corrected chi connectivity index (χ1v) is 8.33. The maximum Gasteiger partial charge on any atom is 0.162 e. The number of nitrogens with zero attached hydrogens (tertiary/aromatic N) is 2. The molecule has 2 aromatic rings. The number of hydrogen-bond acceptors (Lipinski definition) is 2. The van der Waals surface area contributed by atoms with E-state index >= 15 is 0 Å². The van der Waals surface area contributed by atoms with E-state index in [4.69, 9.17) is 23.2 Å². The molecular weight excluding hydrogens is 462 g/mol. The van der Waals surface area contributed by atoms with E-state index in [0.29, 0.717) is 16.0 Å². The van der Waals surface area contributed by atoms with Gasteiger partial charge in [0.2, 0.25) is 0 Å². The van der Waals surface area contributed by atoms with Crippen LogP contribution in [0.15, 0.2) is 22.7 Å². The molecule has 100 valence electrons. The smallest absolute Gasteiger partial charge is 0.162 e.